The third kappa shape index (κ3) is 5.36. The fourth-order valence-electron chi connectivity index (χ4n) is 4.13. The number of aryl methyl sites for hydroxylation is 1. The Bertz CT molecular complexity index is 1380. The molecule has 4 rings (SSSR count). The first-order chi connectivity index (χ1) is 17.7. The lowest BCUT2D eigenvalue weighted by molar-refractivity contribution is -0.117. The number of nitrogens with one attached hydrogen (secondary N) is 3. The zero-order valence-corrected chi connectivity index (χ0v) is 22.6. The van der Waals surface area contributed by atoms with Gasteiger partial charge in [-0.3, -0.25) is 14.3 Å². The van der Waals surface area contributed by atoms with Gasteiger partial charge in [-0.15, -0.1) is 10.2 Å². The van der Waals surface area contributed by atoms with Crippen molar-refractivity contribution in [3.8, 4) is 17.0 Å². The van der Waals surface area contributed by atoms with Crippen molar-refractivity contribution in [1.29, 1.82) is 0 Å². The van der Waals surface area contributed by atoms with Crippen LogP contribution in [0.15, 0.2) is 30.3 Å². The van der Waals surface area contributed by atoms with Crippen molar-refractivity contribution >= 4 is 41.6 Å². The highest BCUT2D eigenvalue weighted by atomic mass is 31.2. The number of carbonyl (C=O) groups is 2. The lowest BCUT2D eigenvalue weighted by Gasteiger charge is -2.16. The van der Waals surface area contributed by atoms with E-state index in [9.17, 15) is 14.2 Å². The van der Waals surface area contributed by atoms with E-state index in [2.05, 4.69) is 31.2 Å². The number of aromatic nitrogens is 4. The minimum atomic E-state index is -2.55. The van der Waals surface area contributed by atoms with Gasteiger partial charge in [0.1, 0.15) is 7.14 Å². The van der Waals surface area contributed by atoms with Crippen molar-refractivity contribution in [1.82, 2.24) is 25.3 Å². The summed E-state index contributed by atoms with van der Waals surface area (Å²) < 4.78 is 20.8. The second-order valence-electron chi connectivity index (χ2n) is 8.88. The second kappa shape index (κ2) is 10.7. The summed E-state index contributed by atoms with van der Waals surface area (Å²) in [5, 5.41) is 21.2. The topological polar surface area (TPSA) is 140 Å². The van der Waals surface area contributed by atoms with Crippen LogP contribution < -0.4 is 26.1 Å². The van der Waals surface area contributed by atoms with Gasteiger partial charge in [0, 0.05) is 44.0 Å². The summed E-state index contributed by atoms with van der Waals surface area (Å²) in [7, 11) is 2.29. The van der Waals surface area contributed by atoms with Gasteiger partial charge in [-0.05, 0) is 31.0 Å². The highest BCUT2D eigenvalue weighted by Crippen LogP contribution is 2.45. The van der Waals surface area contributed by atoms with Crippen molar-refractivity contribution in [3.63, 3.8) is 0 Å². The number of amides is 2. The Balaban J connectivity index is 1.74. The highest BCUT2D eigenvalue weighted by Gasteiger charge is 2.30. The molecule has 196 valence electrons. The Labute approximate surface area is 215 Å². The standard InChI is InChI=1S/C25H32N7O4P/c1-6-37(35,7-2)21-14-18(31-32(21)4)16-9-8-10-17(23(16)36-5)27-19-13-20(28-24(33)15-11-12-15)29-30-22(19)25(34)26-3/h8-10,13-15H,6-7,11-12H2,1-5H3,(H,26,34)(H2,27,28,29,33). The molecule has 37 heavy (non-hydrogen) atoms. The zero-order valence-electron chi connectivity index (χ0n) is 21.7. The molecule has 0 aliphatic heterocycles. The summed E-state index contributed by atoms with van der Waals surface area (Å²) in [4.78, 5) is 24.7. The molecule has 12 heteroatoms. The van der Waals surface area contributed by atoms with Gasteiger partial charge < -0.3 is 25.3 Å². The van der Waals surface area contributed by atoms with Crippen LogP contribution in [0.3, 0.4) is 0 Å². The Morgan fingerprint density at radius 2 is 1.86 bits per heavy atom. The van der Waals surface area contributed by atoms with Crippen LogP contribution in [0.4, 0.5) is 17.2 Å². The van der Waals surface area contributed by atoms with Crippen LogP contribution in [-0.4, -0.2) is 58.3 Å². The summed E-state index contributed by atoms with van der Waals surface area (Å²) in [6.07, 6.45) is 2.81. The van der Waals surface area contributed by atoms with Crippen molar-refractivity contribution in [2.75, 3.05) is 37.1 Å². The lowest BCUT2D eigenvalue weighted by Crippen LogP contribution is -2.22. The van der Waals surface area contributed by atoms with Gasteiger partial charge in [-0.2, -0.15) is 5.10 Å². The van der Waals surface area contributed by atoms with Crippen LogP contribution in [0.25, 0.3) is 11.3 Å². The molecule has 1 aromatic carbocycles. The molecule has 2 amide bonds. The van der Waals surface area contributed by atoms with Crippen LogP contribution in [0.5, 0.6) is 5.75 Å². The fraction of sp³-hybridized carbons (Fsp3) is 0.400. The summed E-state index contributed by atoms with van der Waals surface area (Å²) in [6.45, 7) is 3.85. The maximum Gasteiger partial charge on any atom is 0.273 e. The van der Waals surface area contributed by atoms with Gasteiger partial charge in [-0.1, -0.05) is 19.9 Å². The van der Waals surface area contributed by atoms with Crippen molar-refractivity contribution in [2.24, 2.45) is 13.0 Å². The molecule has 2 heterocycles. The van der Waals surface area contributed by atoms with Gasteiger partial charge in [0.05, 0.1) is 29.6 Å². The molecule has 1 saturated carbocycles. The van der Waals surface area contributed by atoms with E-state index >= 15 is 0 Å². The largest absolute Gasteiger partial charge is 0.494 e. The number of methoxy groups -OCH3 is 1. The first-order valence-electron chi connectivity index (χ1n) is 12.2. The maximum absolute atomic E-state index is 13.4. The monoisotopic (exact) mass is 525 g/mol. The molecule has 1 aliphatic rings. The number of benzene rings is 1. The van der Waals surface area contributed by atoms with Gasteiger partial charge in [0.25, 0.3) is 5.91 Å². The SMILES string of the molecule is CCP(=O)(CC)c1cc(-c2cccc(Nc3cc(NC(=O)C4CC4)nnc3C(=O)NC)c2OC)nn1C. The summed E-state index contributed by atoms with van der Waals surface area (Å²) >= 11 is 0. The van der Waals surface area contributed by atoms with E-state index in [4.69, 9.17) is 4.74 Å². The van der Waals surface area contributed by atoms with Crippen LogP contribution in [0.2, 0.25) is 0 Å². The molecule has 0 saturated heterocycles. The van der Waals surface area contributed by atoms with Gasteiger partial charge in [0.2, 0.25) is 5.91 Å². The maximum atomic E-state index is 13.4. The van der Waals surface area contributed by atoms with E-state index in [1.807, 2.05) is 32.0 Å². The Morgan fingerprint density at radius 3 is 2.49 bits per heavy atom. The number of para-hydroxylation sites is 1. The molecular formula is C25H32N7O4P. The fourth-order valence-corrected chi connectivity index (χ4v) is 6.15. The van der Waals surface area contributed by atoms with E-state index in [-0.39, 0.29) is 23.3 Å². The first kappa shape index (κ1) is 26.3. The minimum Gasteiger partial charge on any atom is -0.494 e. The predicted octanol–water partition coefficient (Wildman–Crippen LogP) is 3.37. The highest BCUT2D eigenvalue weighted by molar-refractivity contribution is 7.71. The third-order valence-electron chi connectivity index (χ3n) is 6.49. The molecule has 2 aromatic heterocycles. The summed E-state index contributed by atoms with van der Waals surface area (Å²) in [5.41, 5.74) is 2.99. The number of ether oxygens (including phenoxy) is 1. The number of anilines is 3. The number of rotatable bonds is 10. The quantitative estimate of drug-likeness (QED) is 0.342. The predicted molar refractivity (Wildman–Crippen MR) is 144 cm³/mol. The smallest absolute Gasteiger partial charge is 0.273 e. The molecule has 3 N–H and O–H groups in total. The first-order valence-corrected chi connectivity index (χ1v) is 14.3. The van der Waals surface area contributed by atoms with E-state index in [0.29, 0.717) is 46.1 Å². The average Bonchev–Trinajstić information content (AvgIpc) is 3.69. The van der Waals surface area contributed by atoms with E-state index in [1.54, 1.807) is 31.0 Å². The van der Waals surface area contributed by atoms with E-state index in [0.717, 1.165) is 12.8 Å². The summed E-state index contributed by atoms with van der Waals surface area (Å²) in [6, 6.07) is 8.92. The van der Waals surface area contributed by atoms with Gasteiger partial charge in [-0.25, -0.2) is 0 Å². The molecule has 0 unspecified atom stereocenters. The molecule has 3 aromatic rings. The molecule has 1 aliphatic carbocycles. The zero-order chi connectivity index (χ0) is 26.7. The van der Waals surface area contributed by atoms with E-state index < -0.39 is 13.0 Å². The normalized spacial score (nSPS) is 13.2. The Kier molecular flexibility index (Phi) is 7.63. The van der Waals surface area contributed by atoms with Crippen LogP contribution in [-0.2, 0) is 16.4 Å². The molecule has 0 radical (unpaired) electrons. The molecule has 0 spiro atoms. The van der Waals surface area contributed by atoms with Gasteiger partial charge >= 0.3 is 0 Å². The van der Waals surface area contributed by atoms with Crippen LogP contribution >= 0.6 is 7.14 Å². The number of hydrogen-bond donors (Lipinski definition) is 3. The van der Waals surface area contributed by atoms with E-state index in [1.165, 1.54) is 7.05 Å². The van der Waals surface area contributed by atoms with Crippen LogP contribution in [0.1, 0.15) is 37.2 Å². The van der Waals surface area contributed by atoms with Crippen molar-refractivity contribution < 1.29 is 18.9 Å². The molecule has 11 nitrogen and oxygen atoms in total. The molecular weight excluding hydrogens is 493 g/mol. The number of hydrogen-bond acceptors (Lipinski definition) is 8. The third-order valence-corrected chi connectivity index (χ3v) is 9.79. The Morgan fingerprint density at radius 1 is 1.14 bits per heavy atom. The molecule has 0 bridgehead atoms. The van der Waals surface area contributed by atoms with Crippen molar-refractivity contribution in [3.05, 3.63) is 36.0 Å². The summed E-state index contributed by atoms with van der Waals surface area (Å²) in [5.74, 6) is 0.168. The Hall–Kier alpha value is -3.72. The molecule has 1 fully saturated rings. The minimum absolute atomic E-state index is 0.00686. The number of carbonyl (C=O) groups excluding carboxylic acids is 2. The van der Waals surface area contributed by atoms with Crippen molar-refractivity contribution in [2.45, 2.75) is 26.7 Å². The van der Waals surface area contributed by atoms with Gasteiger partial charge in [0.15, 0.2) is 17.3 Å². The molecule has 0 atom stereocenters. The van der Waals surface area contributed by atoms with Crippen LogP contribution in [0, 0.1) is 5.92 Å². The average molecular weight is 526 g/mol. The second-order valence-corrected chi connectivity index (χ2v) is 12.4. The number of nitrogens with zero attached hydrogens (tertiary/aromatic N) is 4. The lowest BCUT2D eigenvalue weighted by atomic mass is 10.1.